The van der Waals surface area contributed by atoms with Gasteiger partial charge in [0.1, 0.15) is 0 Å². The summed E-state index contributed by atoms with van der Waals surface area (Å²) in [4.78, 5) is 58.9. The van der Waals surface area contributed by atoms with Gasteiger partial charge in [-0.05, 0) is 20.3 Å². The highest BCUT2D eigenvalue weighted by molar-refractivity contribution is 6.00. The summed E-state index contributed by atoms with van der Waals surface area (Å²) in [5, 5.41) is 28.6. The molecule has 0 bridgehead atoms. The average molecular weight is 406 g/mol. The molecule has 0 aliphatic heterocycles. The Hall–Kier alpha value is -2.69. The molecule has 28 heavy (non-hydrogen) atoms. The first-order chi connectivity index (χ1) is 13.0. The maximum absolute atomic E-state index is 12.6. The fourth-order valence-electron chi connectivity index (χ4n) is 2.36. The molecular formula is C17H26O11. The Bertz CT molecular complexity index is 568. The van der Waals surface area contributed by atoms with Crippen molar-refractivity contribution in [3.63, 3.8) is 0 Å². The molecule has 0 saturated heterocycles. The summed E-state index contributed by atoms with van der Waals surface area (Å²) in [5.74, 6) is -9.34. The van der Waals surface area contributed by atoms with Gasteiger partial charge in [-0.1, -0.05) is 19.8 Å². The number of carboxylic acid groups (broad SMARTS) is 2. The molecule has 2 atom stereocenters. The molecule has 0 spiro atoms. The van der Waals surface area contributed by atoms with Crippen LogP contribution in [0.4, 0.5) is 0 Å². The van der Waals surface area contributed by atoms with Crippen molar-refractivity contribution in [2.45, 2.75) is 58.2 Å². The first-order valence-electron chi connectivity index (χ1n) is 8.76. The number of unbranched alkanes of at least 4 members (excludes halogenated alkanes) is 1. The number of carbonyl (C=O) groups is 5. The number of rotatable bonds is 13. The van der Waals surface area contributed by atoms with Gasteiger partial charge in [-0.3, -0.25) is 9.59 Å². The van der Waals surface area contributed by atoms with Gasteiger partial charge in [-0.15, -0.1) is 0 Å². The van der Waals surface area contributed by atoms with Crippen molar-refractivity contribution in [3.8, 4) is 0 Å². The zero-order valence-corrected chi connectivity index (χ0v) is 16.0. The SMILES string of the molecule is CCCCC(C(=O)OC(C(=O)OCC)C(=O)OCC)C(O)(CC(=O)O)C(=O)O. The maximum atomic E-state index is 12.6. The van der Waals surface area contributed by atoms with Crippen molar-refractivity contribution >= 4 is 29.8 Å². The summed E-state index contributed by atoms with van der Waals surface area (Å²) in [6, 6.07) is 0. The predicted octanol–water partition coefficient (Wildman–Crippen LogP) is 0.121. The van der Waals surface area contributed by atoms with Gasteiger partial charge in [0.15, 0.2) is 5.60 Å². The number of esters is 3. The Morgan fingerprint density at radius 1 is 0.893 bits per heavy atom. The molecule has 0 aliphatic carbocycles. The topological polar surface area (TPSA) is 174 Å². The van der Waals surface area contributed by atoms with Crippen LogP contribution in [-0.4, -0.2) is 70.1 Å². The highest BCUT2D eigenvalue weighted by Crippen LogP contribution is 2.29. The van der Waals surface area contributed by atoms with Crippen LogP contribution in [0, 0.1) is 5.92 Å². The second kappa shape index (κ2) is 11.9. The molecule has 3 N–H and O–H groups in total. The third-order valence-electron chi connectivity index (χ3n) is 3.73. The van der Waals surface area contributed by atoms with Gasteiger partial charge < -0.3 is 29.5 Å². The quantitative estimate of drug-likeness (QED) is 0.215. The molecule has 11 nitrogen and oxygen atoms in total. The van der Waals surface area contributed by atoms with Crippen LogP contribution in [0.3, 0.4) is 0 Å². The molecule has 0 aromatic heterocycles. The normalized spacial score (nSPS) is 13.9. The smallest absolute Gasteiger partial charge is 0.359 e. The number of ether oxygens (including phenoxy) is 3. The maximum Gasteiger partial charge on any atom is 0.359 e. The number of aliphatic carboxylic acids is 2. The van der Waals surface area contributed by atoms with Gasteiger partial charge in [0.25, 0.3) is 6.10 Å². The van der Waals surface area contributed by atoms with E-state index in [1.807, 2.05) is 0 Å². The molecule has 0 radical (unpaired) electrons. The van der Waals surface area contributed by atoms with Gasteiger partial charge in [0, 0.05) is 0 Å². The molecule has 0 fully saturated rings. The van der Waals surface area contributed by atoms with E-state index in [9.17, 15) is 34.2 Å². The fourth-order valence-corrected chi connectivity index (χ4v) is 2.36. The van der Waals surface area contributed by atoms with Crippen molar-refractivity contribution in [1.29, 1.82) is 0 Å². The Labute approximate surface area is 161 Å². The van der Waals surface area contributed by atoms with Crippen molar-refractivity contribution < 1.29 is 53.5 Å². The lowest BCUT2D eigenvalue weighted by atomic mass is 9.81. The van der Waals surface area contributed by atoms with Crippen LogP contribution in [0.1, 0.15) is 46.5 Å². The van der Waals surface area contributed by atoms with Crippen LogP contribution in [0.2, 0.25) is 0 Å². The van der Waals surface area contributed by atoms with E-state index >= 15 is 0 Å². The molecule has 0 saturated carbocycles. The zero-order valence-electron chi connectivity index (χ0n) is 16.0. The van der Waals surface area contributed by atoms with Gasteiger partial charge in [-0.25, -0.2) is 14.4 Å². The van der Waals surface area contributed by atoms with Crippen molar-refractivity contribution in [1.82, 2.24) is 0 Å². The lowest BCUT2D eigenvalue weighted by molar-refractivity contribution is -0.192. The minimum absolute atomic E-state index is 0.135. The van der Waals surface area contributed by atoms with Crippen molar-refractivity contribution in [3.05, 3.63) is 0 Å². The third kappa shape index (κ3) is 7.14. The first-order valence-corrected chi connectivity index (χ1v) is 8.76. The molecule has 0 heterocycles. The van der Waals surface area contributed by atoms with Gasteiger partial charge in [0.2, 0.25) is 0 Å². The van der Waals surface area contributed by atoms with E-state index in [0.717, 1.165) is 0 Å². The summed E-state index contributed by atoms with van der Waals surface area (Å²) in [6.45, 7) is 4.34. The molecular weight excluding hydrogens is 380 g/mol. The summed E-state index contributed by atoms with van der Waals surface area (Å²) in [7, 11) is 0. The first kappa shape index (κ1) is 25.3. The molecule has 0 aliphatic rings. The number of hydrogen-bond acceptors (Lipinski definition) is 9. The number of carbonyl (C=O) groups excluding carboxylic acids is 3. The van der Waals surface area contributed by atoms with Gasteiger partial charge in [-0.2, -0.15) is 0 Å². The summed E-state index contributed by atoms with van der Waals surface area (Å²) in [6.07, 6.45) is -2.91. The lowest BCUT2D eigenvalue weighted by Crippen LogP contribution is -2.52. The third-order valence-corrected chi connectivity index (χ3v) is 3.73. The van der Waals surface area contributed by atoms with Crippen LogP contribution in [0.25, 0.3) is 0 Å². The van der Waals surface area contributed by atoms with E-state index in [2.05, 4.69) is 9.47 Å². The van der Waals surface area contributed by atoms with E-state index < -0.39 is 53.9 Å². The monoisotopic (exact) mass is 406 g/mol. The molecule has 2 unspecified atom stereocenters. The number of carboxylic acids is 2. The second-order valence-electron chi connectivity index (χ2n) is 5.82. The van der Waals surface area contributed by atoms with Crippen LogP contribution >= 0.6 is 0 Å². The highest BCUT2D eigenvalue weighted by Gasteiger charge is 2.51. The largest absolute Gasteiger partial charge is 0.481 e. The highest BCUT2D eigenvalue weighted by atomic mass is 16.6. The molecule has 0 amide bonds. The number of aliphatic hydroxyl groups is 1. The molecule has 0 aromatic rings. The van der Waals surface area contributed by atoms with Crippen LogP contribution in [0.5, 0.6) is 0 Å². The van der Waals surface area contributed by atoms with Gasteiger partial charge in [0.05, 0.1) is 25.6 Å². The van der Waals surface area contributed by atoms with Crippen LogP contribution < -0.4 is 0 Å². The van der Waals surface area contributed by atoms with Crippen molar-refractivity contribution in [2.75, 3.05) is 13.2 Å². The number of hydrogen-bond donors (Lipinski definition) is 3. The minimum Gasteiger partial charge on any atom is -0.481 e. The summed E-state index contributed by atoms with van der Waals surface area (Å²) >= 11 is 0. The second-order valence-corrected chi connectivity index (χ2v) is 5.82. The standard InChI is InChI=1S/C17H26O11/c1-4-7-8-10(17(25,16(23)24)9-11(18)19)13(20)28-12(14(21)26-5-2)15(22)27-6-3/h10,12,25H,4-9H2,1-3H3,(H,18,19)(H,23,24). The Morgan fingerprint density at radius 2 is 1.39 bits per heavy atom. The molecule has 160 valence electrons. The Kier molecular flexibility index (Phi) is 10.8. The zero-order chi connectivity index (χ0) is 21.9. The minimum atomic E-state index is -2.99. The van der Waals surface area contributed by atoms with Crippen molar-refractivity contribution in [2.24, 2.45) is 5.92 Å². The van der Waals surface area contributed by atoms with E-state index in [4.69, 9.17) is 9.84 Å². The van der Waals surface area contributed by atoms with E-state index in [1.54, 1.807) is 6.92 Å². The summed E-state index contributed by atoms with van der Waals surface area (Å²) < 4.78 is 14.1. The van der Waals surface area contributed by atoms with Crippen LogP contribution in [0.15, 0.2) is 0 Å². The van der Waals surface area contributed by atoms with Crippen LogP contribution in [-0.2, 0) is 38.2 Å². The predicted molar refractivity (Wildman–Crippen MR) is 91.0 cm³/mol. The average Bonchev–Trinajstić information content (AvgIpc) is 2.59. The molecule has 11 heteroatoms. The van der Waals surface area contributed by atoms with E-state index in [-0.39, 0.29) is 26.1 Å². The lowest BCUT2D eigenvalue weighted by Gasteiger charge is -2.30. The Balaban J connectivity index is 5.83. The van der Waals surface area contributed by atoms with E-state index in [0.29, 0.717) is 6.42 Å². The fraction of sp³-hybridized carbons (Fsp3) is 0.706. The Morgan fingerprint density at radius 3 is 1.75 bits per heavy atom. The summed E-state index contributed by atoms with van der Waals surface area (Å²) in [5.41, 5.74) is -2.99. The van der Waals surface area contributed by atoms with E-state index in [1.165, 1.54) is 13.8 Å². The molecule has 0 aromatic carbocycles. The molecule has 0 rings (SSSR count). The van der Waals surface area contributed by atoms with Gasteiger partial charge >= 0.3 is 29.8 Å².